The molecule has 0 saturated heterocycles. The fraction of sp³-hybridized carbons (Fsp3) is 0.429. The zero-order valence-corrected chi connectivity index (χ0v) is 10.5. The minimum absolute atomic E-state index is 0.0363. The molecule has 4 nitrogen and oxygen atoms in total. The van der Waals surface area contributed by atoms with Crippen molar-refractivity contribution in [2.24, 2.45) is 22.4 Å². The first-order valence-corrected chi connectivity index (χ1v) is 5.95. The Labute approximate surface area is 106 Å². The molecule has 0 aromatic heterocycles. The van der Waals surface area contributed by atoms with Gasteiger partial charge in [-0.2, -0.15) is 0 Å². The highest BCUT2D eigenvalue weighted by molar-refractivity contribution is 5.85. The van der Waals surface area contributed by atoms with Gasteiger partial charge in [-0.1, -0.05) is 44.2 Å². The molecule has 2 atom stereocenters. The number of hydrogen-bond acceptors (Lipinski definition) is 4. The van der Waals surface area contributed by atoms with Crippen LogP contribution in [-0.2, 0) is 16.1 Å². The van der Waals surface area contributed by atoms with Crippen molar-refractivity contribution in [3.05, 3.63) is 35.9 Å². The Kier molecular flexibility index (Phi) is 3.36. The molecule has 1 aromatic rings. The van der Waals surface area contributed by atoms with E-state index < -0.39 is 0 Å². The Hall–Kier alpha value is -1.84. The molecule has 1 fully saturated rings. The zero-order valence-electron chi connectivity index (χ0n) is 10.5. The van der Waals surface area contributed by atoms with Gasteiger partial charge in [-0.3, -0.25) is 4.79 Å². The van der Waals surface area contributed by atoms with Crippen LogP contribution in [0, 0.1) is 17.3 Å². The van der Waals surface area contributed by atoms with Crippen LogP contribution in [0.4, 0.5) is 0 Å². The predicted octanol–water partition coefficient (Wildman–Crippen LogP) is 2.46. The van der Waals surface area contributed by atoms with E-state index in [1.165, 1.54) is 6.21 Å². The third-order valence-corrected chi connectivity index (χ3v) is 3.62. The molecule has 1 N–H and O–H groups in total. The van der Waals surface area contributed by atoms with E-state index in [1.54, 1.807) is 0 Å². The smallest absolute Gasteiger partial charge is 0.310 e. The largest absolute Gasteiger partial charge is 0.461 e. The van der Waals surface area contributed by atoms with Gasteiger partial charge in [0.15, 0.2) is 0 Å². The van der Waals surface area contributed by atoms with Crippen molar-refractivity contribution >= 4 is 12.2 Å². The summed E-state index contributed by atoms with van der Waals surface area (Å²) >= 11 is 0. The van der Waals surface area contributed by atoms with Gasteiger partial charge < -0.3 is 9.94 Å². The summed E-state index contributed by atoms with van der Waals surface area (Å²) in [5.41, 5.74) is 0.789. The summed E-state index contributed by atoms with van der Waals surface area (Å²) in [4.78, 5) is 11.9. The summed E-state index contributed by atoms with van der Waals surface area (Å²) < 4.78 is 5.28. The van der Waals surface area contributed by atoms with Crippen LogP contribution in [0.25, 0.3) is 0 Å². The second-order valence-electron chi connectivity index (χ2n) is 5.18. The van der Waals surface area contributed by atoms with Gasteiger partial charge in [0.05, 0.1) is 5.92 Å². The first-order chi connectivity index (χ1) is 8.57. The van der Waals surface area contributed by atoms with Crippen LogP contribution in [0.1, 0.15) is 19.4 Å². The van der Waals surface area contributed by atoms with Gasteiger partial charge in [0.25, 0.3) is 0 Å². The van der Waals surface area contributed by atoms with E-state index in [1.807, 2.05) is 44.2 Å². The Morgan fingerprint density at radius 3 is 2.72 bits per heavy atom. The molecule has 0 bridgehead atoms. The number of rotatable bonds is 4. The van der Waals surface area contributed by atoms with Crippen molar-refractivity contribution in [1.82, 2.24) is 0 Å². The maximum Gasteiger partial charge on any atom is 0.310 e. The number of hydrogen-bond donors (Lipinski definition) is 1. The van der Waals surface area contributed by atoms with Gasteiger partial charge in [-0.15, -0.1) is 5.16 Å². The minimum atomic E-state index is -0.228. The molecule has 0 amide bonds. The topological polar surface area (TPSA) is 58.9 Å². The van der Waals surface area contributed by atoms with E-state index in [2.05, 4.69) is 5.16 Å². The molecule has 4 heteroatoms. The second kappa shape index (κ2) is 4.80. The van der Waals surface area contributed by atoms with Crippen LogP contribution in [0.5, 0.6) is 0 Å². The molecule has 2 unspecified atom stereocenters. The molecule has 0 aliphatic heterocycles. The highest BCUT2D eigenvalue weighted by atomic mass is 16.5. The number of carbonyl (C=O) groups is 1. The molecule has 1 aliphatic carbocycles. The van der Waals surface area contributed by atoms with Gasteiger partial charge in [0.1, 0.15) is 6.61 Å². The number of nitrogens with zero attached hydrogens (tertiary/aromatic N) is 1. The van der Waals surface area contributed by atoms with Crippen molar-refractivity contribution in [3.63, 3.8) is 0 Å². The molecule has 96 valence electrons. The highest BCUT2D eigenvalue weighted by Gasteiger charge is 2.62. The first kappa shape index (κ1) is 12.6. The van der Waals surface area contributed by atoms with Crippen molar-refractivity contribution in [2.75, 3.05) is 0 Å². The predicted molar refractivity (Wildman–Crippen MR) is 67.3 cm³/mol. The standard InChI is InChI=1S/C14H17NO3/c1-14(2)11(8-15-17)12(14)13(16)18-9-10-6-4-3-5-7-10/h3-8,11-12,17H,9H2,1-2H3. The Balaban J connectivity index is 1.90. The average molecular weight is 247 g/mol. The molecule has 0 spiro atoms. The molecule has 0 radical (unpaired) electrons. The lowest BCUT2D eigenvalue weighted by Crippen LogP contribution is -2.10. The molecule has 1 saturated carbocycles. The molecule has 1 aromatic carbocycles. The third kappa shape index (κ3) is 2.37. The molecule has 0 heterocycles. The van der Waals surface area contributed by atoms with E-state index in [0.29, 0.717) is 0 Å². The average Bonchev–Trinajstić information content (AvgIpc) is 2.90. The summed E-state index contributed by atoms with van der Waals surface area (Å²) in [5.74, 6) is -0.475. The summed E-state index contributed by atoms with van der Waals surface area (Å²) in [6, 6.07) is 9.57. The van der Waals surface area contributed by atoms with Crippen LogP contribution in [-0.4, -0.2) is 17.4 Å². The lowest BCUT2D eigenvalue weighted by molar-refractivity contribution is -0.147. The van der Waals surface area contributed by atoms with E-state index >= 15 is 0 Å². The maximum atomic E-state index is 11.9. The fourth-order valence-corrected chi connectivity index (χ4v) is 2.30. The lowest BCUT2D eigenvalue weighted by Gasteiger charge is -2.05. The van der Waals surface area contributed by atoms with E-state index in [-0.39, 0.29) is 29.8 Å². The second-order valence-corrected chi connectivity index (χ2v) is 5.18. The number of oxime groups is 1. The Morgan fingerprint density at radius 2 is 2.11 bits per heavy atom. The number of esters is 1. The normalized spacial score (nSPS) is 25.0. The lowest BCUT2D eigenvalue weighted by atomic mass is 10.1. The number of ether oxygens (including phenoxy) is 1. The summed E-state index contributed by atoms with van der Waals surface area (Å²) in [5, 5.41) is 11.5. The van der Waals surface area contributed by atoms with Crippen LogP contribution in [0.15, 0.2) is 35.5 Å². The molecule has 18 heavy (non-hydrogen) atoms. The fourth-order valence-electron chi connectivity index (χ4n) is 2.30. The van der Waals surface area contributed by atoms with Gasteiger partial charge in [-0.25, -0.2) is 0 Å². The molecular weight excluding hydrogens is 230 g/mol. The zero-order chi connectivity index (χ0) is 13.2. The van der Waals surface area contributed by atoms with Crippen LogP contribution >= 0.6 is 0 Å². The van der Waals surface area contributed by atoms with Crippen LogP contribution in [0.2, 0.25) is 0 Å². The van der Waals surface area contributed by atoms with Gasteiger partial charge in [0, 0.05) is 12.1 Å². The van der Waals surface area contributed by atoms with Gasteiger partial charge >= 0.3 is 5.97 Å². The van der Waals surface area contributed by atoms with Crippen molar-refractivity contribution in [2.45, 2.75) is 20.5 Å². The number of benzene rings is 1. The van der Waals surface area contributed by atoms with Crippen molar-refractivity contribution < 1.29 is 14.7 Å². The highest BCUT2D eigenvalue weighted by Crippen LogP contribution is 2.57. The first-order valence-electron chi connectivity index (χ1n) is 5.95. The summed E-state index contributed by atoms with van der Waals surface area (Å²) in [6.07, 6.45) is 1.41. The Bertz CT molecular complexity index is 453. The minimum Gasteiger partial charge on any atom is -0.461 e. The van der Waals surface area contributed by atoms with Crippen molar-refractivity contribution in [1.29, 1.82) is 0 Å². The van der Waals surface area contributed by atoms with Gasteiger partial charge in [-0.05, 0) is 11.0 Å². The summed E-state index contributed by atoms with van der Waals surface area (Å²) in [7, 11) is 0. The van der Waals surface area contributed by atoms with Crippen LogP contribution in [0.3, 0.4) is 0 Å². The quantitative estimate of drug-likeness (QED) is 0.385. The van der Waals surface area contributed by atoms with Crippen molar-refractivity contribution in [3.8, 4) is 0 Å². The third-order valence-electron chi connectivity index (χ3n) is 3.62. The molecule has 2 rings (SSSR count). The Morgan fingerprint density at radius 1 is 1.44 bits per heavy atom. The van der Waals surface area contributed by atoms with E-state index in [0.717, 1.165) is 5.56 Å². The van der Waals surface area contributed by atoms with E-state index in [9.17, 15) is 4.79 Å². The summed E-state index contributed by atoms with van der Waals surface area (Å²) in [6.45, 7) is 4.22. The van der Waals surface area contributed by atoms with Crippen LogP contribution < -0.4 is 0 Å². The van der Waals surface area contributed by atoms with E-state index in [4.69, 9.17) is 9.94 Å². The molecule has 1 aliphatic rings. The van der Waals surface area contributed by atoms with Gasteiger partial charge in [0.2, 0.25) is 0 Å². The maximum absolute atomic E-state index is 11.9. The monoisotopic (exact) mass is 247 g/mol. The SMILES string of the molecule is CC1(C)C(C=NO)C1C(=O)OCc1ccccc1. The number of carbonyl (C=O) groups excluding carboxylic acids is 1. The molecular formula is C14H17NO3.